The normalized spacial score (nSPS) is 15.4. The number of hydrogen-bond acceptors (Lipinski definition) is 3. The summed E-state index contributed by atoms with van der Waals surface area (Å²) in [5.41, 5.74) is 6.85. The molecular formula is C12H20N4S. The quantitative estimate of drug-likeness (QED) is 0.738. The van der Waals surface area contributed by atoms with E-state index in [9.17, 15) is 0 Å². The minimum atomic E-state index is 0.621. The zero-order chi connectivity index (χ0) is 12.3. The van der Waals surface area contributed by atoms with E-state index in [4.69, 9.17) is 18.0 Å². The molecule has 0 radical (unpaired) electrons. The van der Waals surface area contributed by atoms with Crippen LogP contribution in [0.4, 0.5) is 0 Å². The van der Waals surface area contributed by atoms with Gasteiger partial charge in [-0.3, -0.25) is 9.58 Å². The summed E-state index contributed by atoms with van der Waals surface area (Å²) in [4.78, 5) is 3.13. The number of nitrogens with zero attached hydrogens (tertiary/aromatic N) is 3. The lowest BCUT2D eigenvalue weighted by Crippen LogP contribution is -2.32. The molecule has 1 saturated carbocycles. The molecule has 1 aromatic rings. The van der Waals surface area contributed by atoms with Crippen LogP contribution in [-0.4, -0.2) is 38.8 Å². The molecule has 1 fully saturated rings. The van der Waals surface area contributed by atoms with Gasteiger partial charge in [-0.2, -0.15) is 5.10 Å². The molecular weight excluding hydrogens is 232 g/mol. The Morgan fingerprint density at radius 3 is 2.88 bits per heavy atom. The van der Waals surface area contributed by atoms with Crippen molar-refractivity contribution in [1.29, 1.82) is 0 Å². The van der Waals surface area contributed by atoms with E-state index in [1.165, 1.54) is 18.5 Å². The van der Waals surface area contributed by atoms with Gasteiger partial charge in [0.25, 0.3) is 0 Å². The van der Waals surface area contributed by atoms with Crippen LogP contribution in [0.15, 0.2) is 12.3 Å². The highest BCUT2D eigenvalue weighted by Crippen LogP contribution is 2.27. The Balaban J connectivity index is 1.81. The standard InChI is InChI=1S/C12H20N4S/c1-15-10(4-7-14-15)5-8-16(11-2-3-11)9-6-12(13)17/h4,7,11H,2-3,5-6,8-9H2,1H3,(H2,13,17). The molecule has 0 atom stereocenters. The number of rotatable bonds is 7. The molecule has 1 heterocycles. The summed E-state index contributed by atoms with van der Waals surface area (Å²) in [6, 6.07) is 2.84. The number of nitrogens with two attached hydrogens (primary N) is 1. The molecule has 5 heteroatoms. The fraction of sp³-hybridized carbons (Fsp3) is 0.667. The molecule has 0 spiro atoms. The van der Waals surface area contributed by atoms with Crippen LogP contribution in [0.1, 0.15) is 25.0 Å². The SMILES string of the molecule is Cn1nccc1CCN(CCC(N)=S)C1CC1. The van der Waals surface area contributed by atoms with E-state index in [0.29, 0.717) is 4.99 Å². The zero-order valence-corrected chi connectivity index (χ0v) is 11.1. The van der Waals surface area contributed by atoms with Crippen molar-refractivity contribution in [3.63, 3.8) is 0 Å². The summed E-state index contributed by atoms with van der Waals surface area (Å²) in [6.07, 6.45) is 6.37. The predicted octanol–water partition coefficient (Wildman–Crippen LogP) is 1.10. The first kappa shape index (κ1) is 12.5. The van der Waals surface area contributed by atoms with E-state index < -0.39 is 0 Å². The maximum Gasteiger partial charge on any atom is 0.0740 e. The Bertz CT molecular complexity index is 384. The molecule has 2 N–H and O–H groups in total. The van der Waals surface area contributed by atoms with Crippen molar-refractivity contribution in [3.8, 4) is 0 Å². The van der Waals surface area contributed by atoms with Crippen LogP contribution >= 0.6 is 12.2 Å². The highest BCUT2D eigenvalue weighted by molar-refractivity contribution is 7.80. The Morgan fingerprint density at radius 2 is 2.35 bits per heavy atom. The first-order chi connectivity index (χ1) is 8.16. The Hall–Kier alpha value is -0.940. The molecule has 4 nitrogen and oxygen atoms in total. The van der Waals surface area contributed by atoms with Crippen molar-refractivity contribution in [2.24, 2.45) is 12.8 Å². The predicted molar refractivity (Wildman–Crippen MR) is 72.9 cm³/mol. The Labute approximate surface area is 108 Å². The van der Waals surface area contributed by atoms with E-state index in [1.54, 1.807) is 0 Å². The van der Waals surface area contributed by atoms with Crippen LogP contribution in [0, 0.1) is 0 Å². The largest absolute Gasteiger partial charge is 0.393 e. The number of aromatic nitrogens is 2. The minimum absolute atomic E-state index is 0.621. The number of aryl methyl sites for hydroxylation is 1. The van der Waals surface area contributed by atoms with Gasteiger partial charge in [0.2, 0.25) is 0 Å². The van der Waals surface area contributed by atoms with E-state index in [2.05, 4.69) is 16.1 Å². The van der Waals surface area contributed by atoms with E-state index >= 15 is 0 Å². The van der Waals surface area contributed by atoms with E-state index in [-0.39, 0.29) is 0 Å². The van der Waals surface area contributed by atoms with Crippen molar-refractivity contribution in [2.45, 2.75) is 31.7 Å². The lowest BCUT2D eigenvalue weighted by molar-refractivity contribution is 0.273. The van der Waals surface area contributed by atoms with Crippen molar-refractivity contribution in [2.75, 3.05) is 13.1 Å². The average Bonchev–Trinajstić information content (AvgIpc) is 3.03. The molecule has 0 aromatic carbocycles. The molecule has 94 valence electrons. The van der Waals surface area contributed by atoms with Gasteiger partial charge in [0, 0.05) is 50.9 Å². The molecule has 0 amide bonds. The van der Waals surface area contributed by atoms with Gasteiger partial charge in [-0.15, -0.1) is 0 Å². The summed E-state index contributed by atoms with van der Waals surface area (Å²) >= 11 is 4.94. The van der Waals surface area contributed by atoms with Gasteiger partial charge in [-0.25, -0.2) is 0 Å². The molecule has 0 bridgehead atoms. The third kappa shape index (κ3) is 3.78. The Morgan fingerprint density at radius 1 is 1.59 bits per heavy atom. The third-order valence-electron chi connectivity index (χ3n) is 3.29. The van der Waals surface area contributed by atoms with Crippen LogP contribution in [-0.2, 0) is 13.5 Å². The monoisotopic (exact) mass is 252 g/mol. The fourth-order valence-corrected chi connectivity index (χ4v) is 2.17. The van der Waals surface area contributed by atoms with Gasteiger partial charge in [0.05, 0.1) is 4.99 Å². The maximum atomic E-state index is 5.57. The van der Waals surface area contributed by atoms with Crippen molar-refractivity contribution in [1.82, 2.24) is 14.7 Å². The fourth-order valence-electron chi connectivity index (χ4n) is 2.08. The van der Waals surface area contributed by atoms with E-state index in [1.807, 2.05) is 17.9 Å². The average molecular weight is 252 g/mol. The van der Waals surface area contributed by atoms with Crippen LogP contribution < -0.4 is 5.73 Å². The van der Waals surface area contributed by atoms with Crippen LogP contribution in [0.2, 0.25) is 0 Å². The summed E-state index contributed by atoms with van der Waals surface area (Å²) < 4.78 is 1.94. The molecule has 0 aliphatic heterocycles. The van der Waals surface area contributed by atoms with Gasteiger partial charge in [0.15, 0.2) is 0 Å². The van der Waals surface area contributed by atoms with Gasteiger partial charge < -0.3 is 5.73 Å². The van der Waals surface area contributed by atoms with Gasteiger partial charge >= 0.3 is 0 Å². The van der Waals surface area contributed by atoms with Gasteiger partial charge in [-0.05, 0) is 18.9 Å². The number of hydrogen-bond donors (Lipinski definition) is 1. The first-order valence-electron chi connectivity index (χ1n) is 6.16. The minimum Gasteiger partial charge on any atom is -0.393 e. The summed E-state index contributed by atoms with van der Waals surface area (Å²) in [5.74, 6) is 0. The van der Waals surface area contributed by atoms with E-state index in [0.717, 1.165) is 32.0 Å². The highest BCUT2D eigenvalue weighted by Gasteiger charge is 2.28. The molecule has 0 saturated heterocycles. The van der Waals surface area contributed by atoms with Crippen molar-refractivity contribution >= 4 is 17.2 Å². The van der Waals surface area contributed by atoms with Gasteiger partial charge in [-0.1, -0.05) is 12.2 Å². The topological polar surface area (TPSA) is 47.1 Å². The highest BCUT2D eigenvalue weighted by atomic mass is 32.1. The summed E-state index contributed by atoms with van der Waals surface area (Å²) in [5, 5.41) is 4.19. The summed E-state index contributed by atoms with van der Waals surface area (Å²) in [7, 11) is 1.99. The molecule has 1 aliphatic carbocycles. The molecule has 2 rings (SSSR count). The second-order valence-electron chi connectivity index (χ2n) is 4.68. The van der Waals surface area contributed by atoms with Crippen molar-refractivity contribution < 1.29 is 0 Å². The Kier molecular flexibility index (Phi) is 4.12. The molecule has 0 unspecified atom stereocenters. The molecule has 1 aliphatic rings. The lowest BCUT2D eigenvalue weighted by atomic mass is 10.2. The maximum absolute atomic E-state index is 5.57. The molecule has 1 aromatic heterocycles. The lowest BCUT2D eigenvalue weighted by Gasteiger charge is -2.21. The zero-order valence-electron chi connectivity index (χ0n) is 10.3. The third-order valence-corrected chi connectivity index (χ3v) is 3.49. The first-order valence-corrected chi connectivity index (χ1v) is 6.57. The molecule has 17 heavy (non-hydrogen) atoms. The van der Waals surface area contributed by atoms with Crippen LogP contribution in [0.25, 0.3) is 0 Å². The second kappa shape index (κ2) is 5.60. The van der Waals surface area contributed by atoms with Crippen LogP contribution in [0.5, 0.6) is 0 Å². The summed E-state index contributed by atoms with van der Waals surface area (Å²) in [6.45, 7) is 2.07. The van der Waals surface area contributed by atoms with Crippen LogP contribution in [0.3, 0.4) is 0 Å². The number of thiocarbonyl (C=S) groups is 1. The van der Waals surface area contributed by atoms with Gasteiger partial charge in [0.1, 0.15) is 0 Å². The second-order valence-corrected chi connectivity index (χ2v) is 5.20. The van der Waals surface area contributed by atoms with Crippen molar-refractivity contribution in [3.05, 3.63) is 18.0 Å². The smallest absolute Gasteiger partial charge is 0.0740 e.